The van der Waals surface area contributed by atoms with Crippen LogP contribution in [0.15, 0.2) is 48.5 Å². The Hall–Kier alpha value is -2.81. The molecule has 0 aliphatic rings. The minimum atomic E-state index is 0.436. The van der Waals surface area contributed by atoms with E-state index in [2.05, 4.69) is 57.2 Å². The lowest BCUT2D eigenvalue weighted by Crippen LogP contribution is -2.05. The highest BCUT2D eigenvalue weighted by atomic mass is 16.5. The Balaban J connectivity index is 1.90. The molecule has 3 heteroatoms. The van der Waals surface area contributed by atoms with Gasteiger partial charge in [-0.15, -0.1) is 0 Å². The summed E-state index contributed by atoms with van der Waals surface area (Å²) in [5.41, 5.74) is 8.13. The van der Waals surface area contributed by atoms with Crippen molar-refractivity contribution < 1.29 is 9.47 Å². The van der Waals surface area contributed by atoms with Crippen LogP contribution >= 0.6 is 0 Å². The third-order valence-electron chi connectivity index (χ3n) is 5.61. The summed E-state index contributed by atoms with van der Waals surface area (Å²) in [5.74, 6) is 1.69. The van der Waals surface area contributed by atoms with E-state index < -0.39 is 0 Å². The number of hydrogen-bond acceptors (Lipinski definition) is 3. The smallest absolute Gasteiger partial charge is 0.129 e. The van der Waals surface area contributed by atoms with Crippen molar-refractivity contribution in [2.45, 2.75) is 60.0 Å². The zero-order chi connectivity index (χ0) is 21.5. The Morgan fingerprint density at radius 1 is 0.900 bits per heavy atom. The normalized spacial score (nSPS) is 10.8. The van der Waals surface area contributed by atoms with Crippen molar-refractivity contribution in [2.75, 3.05) is 7.11 Å². The molecule has 3 rings (SSSR count). The van der Waals surface area contributed by atoms with Crippen LogP contribution in [0.25, 0.3) is 11.3 Å². The maximum Gasteiger partial charge on any atom is 0.129 e. The number of aryl methyl sites for hydroxylation is 4. The number of benzene rings is 2. The van der Waals surface area contributed by atoms with Crippen molar-refractivity contribution in [2.24, 2.45) is 0 Å². The molecule has 0 saturated heterocycles. The molecule has 2 aromatic carbocycles. The minimum absolute atomic E-state index is 0.436. The molecule has 3 nitrogen and oxygen atoms in total. The lowest BCUT2D eigenvalue weighted by atomic mass is 9.94. The van der Waals surface area contributed by atoms with E-state index >= 15 is 0 Å². The fraction of sp³-hybridized carbons (Fsp3) is 0.370. The Kier molecular flexibility index (Phi) is 7.51. The van der Waals surface area contributed by atoms with Crippen molar-refractivity contribution in [1.29, 1.82) is 0 Å². The van der Waals surface area contributed by atoms with E-state index in [4.69, 9.17) is 14.5 Å². The first-order chi connectivity index (χ1) is 14.6. The number of rotatable bonds is 9. The fourth-order valence-electron chi connectivity index (χ4n) is 3.92. The van der Waals surface area contributed by atoms with E-state index in [1.54, 1.807) is 7.11 Å². The summed E-state index contributed by atoms with van der Waals surface area (Å²) in [6.07, 6.45) is 4.20. The van der Waals surface area contributed by atoms with Crippen molar-refractivity contribution in [1.82, 2.24) is 4.98 Å². The third kappa shape index (κ3) is 4.84. The van der Waals surface area contributed by atoms with E-state index in [9.17, 15) is 0 Å². The molecule has 0 fully saturated rings. The standard InChI is InChI=1S/C27H33NO2/c1-6-10-20-13-15-23(16-14-20)30-18-24-19(4)28-25(17-26(24)29-5)27-21(7-2)11-9-12-22(27)8-3/h9,11-17H,6-8,10,18H2,1-5H3. The third-order valence-corrected chi connectivity index (χ3v) is 5.61. The van der Waals surface area contributed by atoms with Crippen LogP contribution in [-0.2, 0) is 25.9 Å². The lowest BCUT2D eigenvalue weighted by Gasteiger charge is -2.17. The van der Waals surface area contributed by atoms with Crippen molar-refractivity contribution in [3.8, 4) is 22.8 Å². The van der Waals surface area contributed by atoms with Gasteiger partial charge in [-0.25, -0.2) is 0 Å². The molecule has 0 saturated carbocycles. The summed E-state index contributed by atoms with van der Waals surface area (Å²) in [5, 5.41) is 0. The molecule has 0 aliphatic heterocycles. The molecule has 1 aromatic heterocycles. The van der Waals surface area contributed by atoms with Crippen molar-refractivity contribution >= 4 is 0 Å². The number of pyridine rings is 1. The van der Waals surface area contributed by atoms with Crippen LogP contribution in [0.3, 0.4) is 0 Å². The maximum atomic E-state index is 6.06. The fourth-order valence-corrected chi connectivity index (χ4v) is 3.92. The Morgan fingerprint density at radius 2 is 1.57 bits per heavy atom. The van der Waals surface area contributed by atoms with Crippen LogP contribution in [0.1, 0.15) is 55.1 Å². The molecule has 3 aromatic rings. The van der Waals surface area contributed by atoms with Gasteiger partial charge in [0.25, 0.3) is 0 Å². The molecule has 158 valence electrons. The Morgan fingerprint density at radius 3 is 2.13 bits per heavy atom. The van der Waals surface area contributed by atoms with E-state index in [1.807, 2.05) is 19.1 Å². The van der Waals surface area contributed by atoms with Gasteiger partial charge >= 0.3 is 0 Å². The molecule has 0 unspecified atom stereocenters. The summed E-state index contributed by atoms with van der Waals surface area (Å²) in [7, 11) is 1.72. The van der Waals surface area contributed by atoms with Crippen LogP contribution in [0.4, 0.5) is 0 Å². The molecule has 1 heterocycles. The molecule has 30 heavy (non-hydrogen) atoms. The topological polar surface area (TPSA) is 31.4 Å². The second kappa shape index (κ2) is 10.3. The van der Waals surface area contributed by atoms with Gasteiger partial charge in [-0.2, -0.15) is 0 Å². The van der Waals surface area contributed by atoms with Gasteiger partial charge in [0.1, 0.15) is 18.1 Å². The first-order valence-electron chi connectivity index (χ1n) is 11.0. The Labute approximate surface area is 181 Å². The SMILES string of the molecule is CCCc1ccc(OCc2c(OC)cc(-c3c(CC)cccc3CC)nc2C)cc1. The predicted octanol–water partition coefficient (Wildman–Crippen LogP) is 6.72. The Bertz CT molecular complexity index is 955. The van der Waals surface area contributed by atoms with Crippen LogP contribution < -0.4 is 9.47 Å². The first kappa shape index (κ1) is 21.9. The molecular formula is C27H33NO2. The van der Waals surface area contributed by atoms with Crippen LogP contribution in [0, 0.1) is 6.92 Å². The molecule has 0 atom stereocenters. The second-order valence-electron chi connectivity index (χ2n) is 7.61. The van der Waals surface area contributed by atoms with Gasteiger partial charge in [0.15, 0.2) is 0 Å². The van der Waals surface area contributed by atoms with Crippen molar-refractivity contribution in [3.05, 3.63) is 76.5 Å². The summed E-state index contributed by atoms with van der Waals surface area (Å²) < 4.78 is 11.8. The van der Waals surface area contributed by atoms with Crippen LogP contribution in [0.2, 0.25) is 0 Å². The van der Waals surface area contributed by atoms with Gasteiger partial charge in [-0.3, -0.25) is 4.98 Å². The zero-order valence-electron chi connectivity index (χ0n) is 18.9. The second-order valence-corrected chi connectivity index (χ2v) is 7.61. The minimum Gasteiger partial charge on any atom is -0.496 e. The highest BCUT2D eigenvalue weighted by molar-refractivity contribution is 5.70. The van der Waals surface area contributed by atoms with Gasteiger partial charge in [-0.05, 0) is 55.0 Å². The number of aromatic nitrogens is 1. The summed E-state index contributed by atoms with van der Waals surface area (Å²) in [4.78, 5) is 4.96. The van der Waals surface area contributed by atoms with Crippen molar-refractivity contribution in [3.63, 3.8) is 0 Å². The van der Waals surface area contributed by atoms with Gasteiger partial charge in [0.05, 0.1) is 18.4 Å². The highest BCUT2D eigenvalue weighted by Crippen LogP contribution is 2.33. The number of hydrogen-bond donors (Lipinski definition) is 0. The van der Waals surface area contributed by atoms with Gasteiger partial charge in [0, 0.05) is 17.3 Å². The molecule has 0 N–H and O–H groups in total. The quantitative estimate of drug-likeness (QED) is 0.397. The molecule has 0 spiro atoms. The predicted molar refractivity (Wildman–Crippen MR) is 124 cm³/mol. The zero-order valence-corrected chi connectivity index (χ0v) is 18.9. The largest absolute Gasteiger partial charge is 0.496 e. The molecule has 0 amide bonds. The van der Waals surface area contributed by atoms with Crippen LogP contribution in [-0.4, -0.2) is 12.1 Å². The molecule has 0 bridgehead atoms. The molecular weight excluding hydrogens is 370 g/mol. The first-order valence-corrected chi connectivity index (χ1v) is 11.0. The van der Waals surface area contributed by atoms with E-state index in [1.165, 1.54) is 22.3 Å². The number of methoxy groups -OCH3 is 1. The monoisotopic (exact) mass is 403 g/mol. The number of ether oxygens (including phenoxy) is 2. The maximum absolute atomic E-state index is 6.06. The summed E-state index contributed by atoms with van der Waals surface area (Å²) in [6.45, 7) is 9.05. The van der Waals surface area contributed by atoms with Gasteiger partial charge < -0.3 is 9.47 Å². The number of nitrogens with zero attached hydrogens (tertiary/aromatic N) is 1. The van der Waals surface area contributed by atoms with E-state index in [0.717, 1.165) is 54.1 Å². The van der Waals surface area contributed by atoms with E-state index in [-0.39, 0.29) is 0 Å². The van der Waals surface area contributed by atoms with Gasteiger partial charge in [-0.1, -0.05) is 57.5 Å². The summed E-state index contributed by atoms with van der Waals surface area (Å²) in [6, 6.07) is 16.9. The average Bonchev–Trinajstić information content (AvgIpc) is 2.78. The van der Waals surface area contributed by atoms with E-state index in [0.29, 0.717) is 6.61 Å². The average molecular weight is 404 g/mol. The highest BCUT2D eigenvalue weighted by Gasteiger charge is 2.16. The molecule has 0 radical (unpaired) electrons. The summed E-state index contributed by atoms with van der Waals surface area (Å²) >= 11 is 0. The van der Waals surface area contributed by atoms with Gasteiger partial charge in [0.2, 0.25) is 0 Å². The van der Waals surface area contributed by atoms with Crippen LogP contribution in [0.5, 0.6) is 11.5 Å². The lowest BCUT2D eigenvalue weighted by molar-refractivity contribution is 0.295. The molecule has 0 aliphatic carbocycles.